The summed E-state index contributed by atoms with van der Waals surface area (Å²) in [5, 5.41) is 3.11. The fourth-order valence-electron chi connectivity index (χ4n) is 5.29. The molecule has 2 aliphatic rings. The van der Waals surface area contributed by atoms with Crippen molar-refractivity contribution in [3.63, 3.8) is 0 Å². The van der Waals surface area contributed by atoms with E-state index in [1.54, 1.807) is 4.90 Å². The van der Waals surface area contributed by atoms with Gasteiger partial charge in [-0.1, -0.05) is 47.5 Å². The Morgan fingerprint density at radius 1 is 1.03 bits per heavy atom. The first-order valence-electron chi connectivity index (χ1n) is 13.0. The van der Waals surface area contributed by atoms with Crippen LogP contribution in [0.4, 0.5) is 0 Å². The summed E-state index contributed by atoms with van der Waals surface area (Å²) in [6.45, 7) is 12.5. The molecule has 34 heavy (non-hydrogen) atoms. The number of ether oxygens (including phenoxy) is 1. The SMILES string of the molecule is COC(=O)[C@H]1CCCCN1C[C@H](C(C)C)N(C)C(=O)[C@@H](NC(=O)C1CCCCN1C)C(C)(C)C. The van der Waals surface area contributed by atoms with Crippen molar-refractivity contribution in [2.24, 2.45) is 11.3 Å². The van der Waals surface area contributed by atoms with E-state index in [0.717, 1.165) is 51.6 Å². The van der Waals surface area contributed by atoms with Crippen molar-refractivity contribution in [3.05, 3.63) is 0 Å². The lowest BCUT2D eigenvalue weighted by Crippen LogP contribution is -2.61. The van der Waals surface area contributed by atoms with E-state index in [1.807, 2.05) is 34.9 Å². The molecule has 8 nitrogen and oxygen atoms in total. The standard InChI is InChI=1S/C26H48N4O4/c1-18(2)21(17-30-16-12-10-14-20(30)25(33)34-8)29(7)24(32)22(26(3,4)5)27-23(31)19-13-9-11-15-28(19)6/h18-22H,9-17H2,1-8H3,(H,27,31)/t19?,20-,21-,22-/m1/s1. The number of nitrogens with zero attached hydrogens (tertiary/aromatic N) is 3. The molecule has 1 N–H and O–H groups in total. The van der Waals surface area contributed by atoms with Gasteiger partial charge in [-0.25, -0.2) is 0 Å². The van der Waals surface area contributed by atoms with Gasteiger partial charge in [-0.3, -0.25) is 24.2 Å². The van der Waals surface area contributed by atoms with Gasteiger partial charge in [0.05, 0.1) is 13.2 Å². The van der Waals surface area contributed by atoms with Gasteiger partial charge in [0, 0.05) is 19.6 Å². The maximum absolute atomic E-state index is 13.8. The molecule has 0 radical (unpaired) electrons. The average molecular weight is 481 g/mol. The van der Waals surface area contributed by atoms with Crippen molar-refractivity contribution in [2.75, 3.05) is 40.8 Å². The first kappa shape index (κ1) is 28.6. The third-order valence-electron chi connectivity index (χ3n) is 7.60. The first-order chi connectivity index (χ1) is 15.9. The van der Waals surface area contributed by atoms with E-state index in [4.69, 9.17) is 4.74 Å². The van der Waals surface area contributed by atoms with Crippen molar-refractivity contribution >= 4 is 17.8 Å². The second-order valence-corrected chi connectivity index (χ2v) is 11.6. The average Bonchev–Trinajstić information content (AvgIpc) is 2.79. The lowest BCUT2D eigenvalue weighted by molar-refractivity contribution is -0.149. The number of likely N-dealkylation sites (tertiary alicyclic amines) is 2. The van der Waals surface area contributed by atoms with E-state index in [9.17, 15) is 14.4 Å². The topological polar surface area (TPSA) is 82.2 Å². The van der Waals surface area contributed by atoms with E-state index < -0.39 is 11.5 Å². The van der Waals surface area contributed by atoms with Gasteiger partial charge < -0.3 is 15.0 Å². The number of carbonyl (C=O) groups is 3. The number of esters is 1. The lowest BCUT2D eigenvalue weighted by atomic mass is 9.84. The van der Waals surface area contributed by atoms with Crippen LogP contribution in [0.5, 0.6) is 0 Å². The minimum Gasteiger partial charge on any atom is -0.468 e. The maximum atomic E-state index is 13.8. The fourth-order valence-corrected chi connectivity index (χ4v) is 5.29. The van der Waals surface area contributed by atoms with E-state index in [2.05, 4.69) is 29.0 Å². The zero-order chi connectivity index (χ0) is 25.6. The Kier molecular flexibility index (Phi) is 10.4. The molecule has 0 bridgehead atoms. The summed E-state index contributed by atoms with van der Waals surface area (Å²) in [6.07, 6.45) is 5.77. The van der Waals surface area contributed by atoms with Crippen LogP contribution in [-0.4, -0.2) is 97.5 Å². The predicted octanol–water partition coefficient (Wildman–Crippen LogP) is 2.51. The summed E-state index contributed by atoms with van der Waals surface area (Å²) < 4.78 is 5.05. The van der Waals surface area contributed by atoms with Crippen molar-refractivity contribution in [1.82, 2.24) is 20.0 Å². The number of piperidine rings is 2. The maximum Gasteiger partial charge on any atom is 0.323 e. The quantitative estimate of drug-likeness (QED) is 0.538. The summed E-state index contributed by atoms with van der Waals surface area (Å²) in [7, 11) is 5.25. The van der Waals surface area contributed by atoms with E-state index in [0.29, 0.717) is 6.54 Å². The number of likely N-dealkylation sites (N-methyl/N-ethyl adjacent to an activating group) is 2. The minimum atomic E-state index is -0.626. The molecule has 2 rings (SSSR count). The second kappa shape index (κ2) is 12.3. The predicted molar refractivity (Wildman–Crippen MR) is 134 cm³/mol. The Morgan fingerprint density at radius 3 is 2.15 bits per heavy atom. The molecule has 0 aromatic heterocycles. The minimum absolute atomic E-state index is 0.0632. The first-order valence-corrected chi connectivity index (χ1v) is 13.0. The Labute approximate surface area is 206 Å². The fraction of sp³-hybridized carbons (Fsp3) is 0.885. The third-order valence-corrected chi connectivity index (χ3v) is 7.60. The van der Waals surface area contributed by atoms with E-state index in [-0.39, 0.29) is 41.8 Å². The Balaban J connectivity index is 2.19. The lowest BCUT2D eigenvalue weighted by Gasteiger charge is -2.43. The molecular weight excluding hydrogens is 432 g/mol. The molecule has 0 aromatic rings. The summed E-state index contributed by atoms with van der Waals surface area (Å²) in [5.41, 5.74) is -0.435. The Morgan fingerprint density at radius 2 is 1.62 bits per heavy atom. The molecule has 2 aliphatic heterocycles. The molecule has 8 heteroatoms. The summed E-state index contributed by atoms with van der Waals surface area (Å²) in [5.74, 6) is -0.154. The molecule has 0 aromatic carbocycles. The molecule has 196 valence electrons. The zero-order valence-electron chi connectivity index (χ0n) is 22.7. The van der Waals surface area contributed by atoms with Gasteiger partial charge in [-0.05, 0) is 57.2 Å². The number of nitrogens with one attached hydrogen (secondary N) is 1. The van der Waals surface area contributed by atoms with Crippen LogP contribution in [0.3, 0.4) is 0 Å². The van der Waals surface area contributed by atoms with Crippen LogP contribution in [-0.2, 0) is 19.1 Å². The van der Waals surface area contributed by atoms with Gasteiger partial charge in [-0.2, -0.15) is 0 Å². The van der Waals surface area contributed by atoms with Crippen LogP contribution >= 0.6 is 0 Å². The van der Waals surface area contributed by atoms with Crippen LogP contribution in [0.2, 0.25) is 0 Å². The highest BCUT2D eigenvalue weighted by molar-refractivity contribution is 5.90. The highest BCUT2D eigenvalue weighted by Gasteiger charge is 2.40. The van der Waals surface area contributed by atoms with Crippen LogP contribution < -0.4 is 5.32 Å². The van der Waals surface area contributed by atoms with E-state index >= 15 is 0 Å². The number of methoxy groups -OCH3 is 1. The zero-order valence-corrected chi connectivity index (χ0v) is 22.7. The summed E-state index contributed by atoms with van der Waals surface area (Å²) in [4.78, 5) is 45.5. The molecule has 2 amide bonds. The number of amides is 2. The molecule has 0 aliphatic carbocycles. The third kappa shape index (κ3) is 7.17. The van der Waals surface area contributed by atoms with Gasteiger partial charge in [0.15, 0.2) is 0 Å². The molecular formula is C26H48N4O4. The molecule has 4 atom stereocenters. The van der Waals surface area contributed by atoms with Gasteiger partial charge in [0.25, 0.3) is 0 Å². The summed E-state index contributed by atoms with van der Waals surface area (Å²) >= 11 is 0. The molecule has 2 saturated heterocycles. The number of carbonyl (C=O) groups excluding carboxylic acids is 3. The van der Waals surface area contributed by atoms with Crippen molar-refractivity contribution < 1.29 is 19.1 Å². The van der Waals surface area contributed by atoms with Gasteiger partial charge in [0.1, 0.15) is 12.1 Å². The van der Waals surface area contributed by atoms with Crippen molar-refractivity contribution in [3.8, 4) is 0 Å². The molecule has 0 spiro atoms. The van der Waals surface area contributed by atoms with Crippen LogP contribution in [0.15, 0.2) is 0 Å². The van der Waals surface area contributed by atoms with Crippen molar-refractivity contribution in [1.29, 1.82) is 0 Å². The largest absolute Gasteiger partial charge is 0.468 e. The number of rotatable bonds is 8. The molecule has 2 fully saturated rings. The van der Waals surface area contributed by atoms with E-state index in [1.165, 1.54) is 7.11 Å². The van der Waals surface area contributed by atoms with Gasteiger partial charge >= 0.3 is 5.97 Å². The Hall–Kier alpha value is -1.67. The van der Waals surface area contributed by atoms with Crippen LogP contribution in [0, 0.1) is 11.3 Å². The second-order valence-electron chi connectivity index (χ2n) is 11.6. The normalized spacial score (nSPS) is 24.4. The van der Waals surface area contributed by atoms with Crippen LogP contribution in [0.1, 0.15) is 73.1 Å². The summed E-state index contributed by atoms with van der Waals surface area (Å²) in [6, 6.07) is -1.16. The Bertz CT molecular complexity index is 705. The smallest absolute Gasteiger partial charge is 0.323 e. The highest BCUT2D eigenvalue weighted by atomic mass is 16.5. The highest BCUT2D eigenvalue weighted by Crippen LogP contribution is 2.26. The number of hydrogen-bond donors (Lipinski definition) is 1. The monoisotopic (exact) mass is 480 g/mol. The van der Waals surface area contributed by atoms with Gasteiger partial charge in [-0.15, -0.1) is 0 Å². The molecule has 1 unspecified atom stereocenters. The van der Waals surface area contributed by atoms with Crippen LogP contribution in [0.25, 0.3) is 0 Å². The van der Waals surface area contributed by atoms with Crippen molar-refractivity contribution in [2.45, 2.75) is 97.3 Å². The molecule has 2 heterocycles. The molecule has 0 saturated carbocycles. The number of hydrogen-bond acceptors (Lipinski definition) is 6. The van der Waals surface area contributed by atoms with Gasteiger partial charge in [0.2, 0.25) is 11.8 Å².